The van der Waals surface area contributed by atoms with E-state index in [0.717, 1.165) is 18.5 Å². The van der Waals surface area contributed by atoms with Gasteiger partial charge in [-0.15, -0.1) is 11.6 Å². The van der Waals surface area contributed by atoms with Crippen LogP contribution in [0.1, 0.15) is 23.1 Å². The van der Waals surface area contributed by atoms with Gasteiger partial charge in [-0.2, -0.15) is 5.10 Å². The van der Waals surface area contributed by atoms with Gasteiger partial charge in [0.05, 0.1) is 16.6 Å². The Morgan fingerprint density at radius 3 is 2.55 bits per heavy atom. The number of halogens is 1. The summed E-state index contributed by atoms with van der Waals surface area (Å²) in [5, 5.41) is 5.88. The lowest BCUT2D eigenvalue weighted by Gasteiger charge is -2.08. The molecule has 0 aliphatic carbocycles. The number of alkyl halides is 1. The zero-order chi connectivity index (χ0) is 13.9. The molecule has 1 aromatic heterocycles. The van der Waals surface area contributed by atoms with Crippen LogP contribution in [0.15, 0.2) is 54.6 Å². The summed E-state index contributed by atoms with van der Waals surface area (Å²) in [7, 11) is 1.99. The Hall–Kier alpha value is -1.80. The summed E-state index contributed by atoms with van der Waals surface area (Å²) in [4.78, 5) is 0. The predicted octanol–water partition coefficient (Wildman–Crippen LogP) is 4.49. The van der Waals surface area contributed by atoms with Crippen molar-refractivity contribution in [3.05, 3.63) is 65.9 Å². The molecule has 1 heterocycles. The van der Waals surface area contributed by atoms with E-state index in [0.29, 0.717) is 0 Å². The van der Waals surface area contributed by atoms with Crippen molar-refractivity contribution in [1.29, 1.82) is 0 Å². The summed E-state index contributed by atoms with van der Waals surface area (Å²) in [5.74, 6) is 0. The van der Waals surface area contributed by atoms with Crippen LogP contribution in [0.25, 0.3) is 10.9 Å². The molecule has 3 rings (SSSR count). The van der Waals surface area contributed by atoms with Crippen molar-refractivity contribution in [3.63, 3.8) is 0 Å². The van der Waals surface area contributed by atoms with E-state index in [1.54, 1.807) is 0 Å². The number of aromatic nitrogens is 2. The van der Waals surface area contributed by atoms with Gasteiger partial charge >= 0.3 is 0 Å². The third kappa shape index (κ3) is 2.56. The van der Waals surface area contributed by atoms with E-state index in [1.165, 1.54) is 16.5 Å². The molecule has 102 valence electrons. The van der Waals surface area contributed by atoms with Gasteiger partial charge in [0.2, 0.25) is 0 Å². The Morgan fingerprint density at radius 2 is 1.75 bits per heavy atom. The molecule has 3 aromatic rings. The third-order valence-corrected chi connectivity index (χ3v) is 4.10. The lowest BCUT2D eigenvalue weighted by Crippen LogP contribution is -1.96. The summed E-state index contributed by atoms with van der Waals surface area (Å²) in [6.45, 7) is 0. The highest BCUT2D eigenvalue weighted by Gasteiger charge is 2.12. The Morgan fingerprint density at radius 1 is 1.05 bits per heavy atom. The third-order valence-electron chi connectivity index (χ3n) is 3.63. The smallest absolute Gasteiger partial charge is 0.0703 e. The number of fused-ring (bicyclic) bond motifs is 1. The van der Waals surface area contributed by atoms with Crippen LogP contribution < -0.4 is 0 Å². The van der Waals surface area contributed by atoms with Crippen LogP contribution in [0.4, 0.5) is 0 Å². The van der Waals surface area contributed by atoms with Gasteiger partial charge in [-0.1, -0.05) is 48.5 Å². The van der Waals surface area contributed by atoms with E-state index < -0.39 is 0 Å². The van der Waals surface area contributed by atoms with E-state index >= 15 is 0 Å². The molecule has 0 bridgehead atoms. The molecule has 0 aliphatic heterocycles. The lowest BCUT2D eigenvalue weighted by atomic mass is 10.0. The molecular weight excluding hydrogens is 268 g/mol. The molecule has 0 spiro atoms. The largest absolute Gasteiger partial charge is 0.268 e. The Kier molecular flexibility index (Phi) is 3.75. The molecule has 3 heteroatoms. The Bertz CT molecular complexity index is 703. The van der Waals surface area contributed by atoms with Crippen LogP contribution in [-0.2, 0) is 13.5 Å². The number of aryl methyl sites for hydroxylation is 2. The van der Waals surface area contributed by atoms with Gasteiger partial charge in [0.25, 0.3) is 0 Å². The number of benzene rings is 2. The fourth-order valence-electron chi connectivity index (χ4n) is 2.57. The van der Waals surface area contributed by atoms with E-state index in [2.05, 4.69) is 35.4 Å². The normalized spacial score (nSPS) is 12.7. The van der Waals surface area contributed by atoms with Crippen LogP contribution in [0.2, 0.25) is 0 Å². The maximum absolute atomic E-state index is 6.48. The van der Waals surface area contributed by atoms with Crippen molar-refractivity contribution in [1.82, 2.24) is 9.78 Å². The lowest BCUT2D eigenvalue weighted by molar-refractivity contribution is 0.725. The molecule has 2 aromatic carbocycles. The summed E-state index contributed by atoms with van der Waals surface area (Å²) in [6.07, 6.45) is 1.79. The van der Waals surface area contributed by atoms with Gasteiger partial charge in [0, 0.05) is 12.4 Å². The minimum atomic E-state index is 0.0389. The maximum atomic E-state index is 6.48. The minimum Gasteiger partial charge on any atom is -0.268 e. The first kappa shape index (κ1) is 13.2. The average Bonchev–Trinajstić information content (AvgIpc) is 2.83. The molecule has 0 saturated carbocycles. The second kappa shape index (κ2) is 5.68. The van der Waals surface area contributed by atoms with Crippen molar-refractivity contribution in [2.45, 2.75) is 18.2 Å². The quantitative estimate of drug-likeness (QED) is 0.646. The molecule has 0 fully saturated rings. The van der Waals surface area contributed by atoms with Gasteiger partial charge in [0.1, 0.15) is 0 Å². The second-order valence-electron chi connectivity index (χ2n) is 5.00. The van der Waals surface area contributed by atoms with Crippen molar-refractivity contribution in [2.24, 2.45) is 7.05 Å². The van der Waals surface area contributed by atoms with Crippen LogP contribution in [0, 0.1) is 0 Å². The minimum absolute atomic E-state index is 0.0389. The second-order valence-corrected chi connectivity index (χ2v) is 5.53. The van der Waals surface area contributed by atoms with Crippen molar-refractivity contribution < 1.29 is 0 Å². The van der Waals surface area contributed by atoms with Gasteiger partial charge in [0.15, 0.2) is 0 Å². The number of nitrogens with zero attached hydrogens (tertiary/aromatic N) is 2. The maximum Gasteiger partial charge on any atom is 0.0703 e. The van der Waals surface area contributed by atoms with E-state index in [1.807, 2.05) is 36.0 Å². The number of para-hydroxylation sites is 1. The number of hydrogen-bond donors (Lipinski definition) is 0. The van der Waals surface area contributed by atoms with Crippen LogP contribution in [0.3, 0.4) is 0 Å². The summed E-state index contributed by atoms with van der Waals surface area (Å²) in [6, 6.07) is 18.6. The van der Waals surface area contributed by atoms with Gasteiger partial charge < -0.3 is 0 Å². The highest BCUT2D eigenvalue weighted by atomic mass is 35.5. The van der Waals surface area contributed by atoms with E-state index in [4.69, 9.17) is 11.6 Å². The van der Waals surface area contributed by atoms with E-state index in [-0.39, 0.29) is 5.38 Å². The fraction of sp³-hybridized carbons (Fsp3) is 0.235. The molecular formula is C17H17ClN2. The molecule has 0 radical (unpaired) electrons. The molecule has 1 atom stereocenters. The zero-order valence-corrected chi connectivity index (χ0v) is 12.2. The molecule has 0 amide bonds. The first-order chi connectivity index (χ1) is 9.75. The SMILES string of the molecule is Cn1nc(CCC(Cl)c2ccccc2)c2ccccc21. The topological polar surface area (TPSA) is 17.8 Å². The van der Waals surface area contributed by atoms with E-state index in [9.17, 15) is 0 Å². The van der Waals surface area contributed by atoms with Crippen molar-refractivity contribution in [3.8, 4) is 0 Å². The van der Waals surface area contributed by atoms with Gasteiger partial charge in [-0.3, -0.25) is 4.68 Å². The summed E-state index contributed by atoms with van der Waals surface area (Å²) >= 11 is 6.48. The number of hydrogen-bond acceptors (Lipinski definition) is 1. The van der Waals surface area contributed by atoms with Crippen molar-refractivity contribution >= 4 is 22.5 Å². The Balaban J connectivity index is 1.77. The molecule has 0 aliphatic rings. The molecule has 20 heavy (non-hydrogen) atoms. The average molecular weight is 285 g/mol. The summed E-state index contributed by atoms with van der Waals surface area (Å²) < 4.78 is 1.94. The zero-order valence-electron chi connectivity index (χ0n) is 11.5. The fourth-order valence-corrected chi connectivity index (χ4v) is 2.82. The highest BCUT2D eigenvalue weighted by molar-refractivity contribution is 6.20. The molecule has 0 N–H and O–H groups in total. The standard InChI is InChI=1S/C17H17ClN2/c1-20-17-10-6-5-9-14(17)16(19-20)12-11-15(18)13-7-3-2-4-8-13/h2-10,15H,11-12H2,1H3. The molecule has 0 saturated heterocycles. The predicted molar refractivity (Wildman–Crippen MR) is 84.1 cm³/mol. The first-order valence-electron chi connectivity index (χ1n) is 6.85. The molecule has 2 nitrogen and oxygen atoms in total. The number of rotatable bonds is 4. The van der Waals surface area contributed by atoms with Gasteiger partial charge in [-0.25, -0.2) is 0 Å². The molecule has 1 unspecified atom stereocenters. The summed E-state index contributed by atoms with van der Waals surface area (Å²) in [5.41, 5.74) is 3.48. The van der Waals surface area contributed by atoms with Crippen LogP contribution in [-0.4, -0.2) is 9.78 Å². The van der Waals surface area contributed by atoms with Crippen LogP contribution >= 0.6 is 11.6 Å². The first-order valence-corrected chi connectivity index (χ1v) is 7.29. The van der Waals surface area contributed by atoms with Crippen molar-refractivity contribution in [2.75, 3.05) is 0 Å². The highest BCUT2D eigenvalue weighted by Crippen LogP contribution is 2.27. The van der Waals surface area contributed by atoms with Crippen LogP contribution in [0.5, 0.6) is 0 Å². The monoisotopic (exact) mass is 284 g/mol. The van der Waals surface area contributed by atoms with Gasteiger partial charge in [-0.05, 0) is 24.5 Å². The Labute approximate surface area is 124 Å².